The van der Waals surface area contributed by atoms with Crippen molar-refractivity contribution in [3.63, 3.8) is 0 Å². The lowest BCUT2D eigenvalue weighted by Gasteiger charge is -2.18. The minimum atomic E-state index is 0.127. The number of nitrogens with one attached hydrogen (secondary N) is 1. The molecule has 0 aliphatic carbocycles. The fraction of sp³-hybridized carbons (Fsp3) is 0.261. The summed E-state index contributed by atoms with van der Waals surface area (Å²) in [4.78, 5) is 15.1. The number of benzene rings is 2. The maximum absolute atomic E-state index is 13.1. The maximum atomic E-state index is 13.1. The summed E-state index contributed by atoms with van der Waals surface area (Å²) in [5, 5.41) is 3.54. The molecule has 2 aromatic carbocycles. The first-order chi connectivity index (χ1) is 13.1. The Balaban J connectivity index is 1.51. The summed E-state index contributed by atoms with van der Waals surface area (Å²) in [7, 11) is 0. The molecule has 1 aromatic heterocycles. The topological polar surface area (TPSA) is 37.3 Å². The number of aromatic nitrogens is 1. The van der Waals surface area contributed by atoms with Crippen molar-refractivity contribution in [2.75, 3.05) is 18.4 Å². The van der Waals surface area contributed by atoms with E-state index in [2.05, 4.69) is 41.1 Å². The molecule has 1 aliphatic heterocycles. The van der Waals surface area contributed by atoms with Crippen LogP contribution in [0.3, 0.4) is 0 Å². The predicted molar refractivity (Wildman–Crippen MR) is 110 cm³/mol. The number of hydrogen-bond donors (Lipinski definition) is 1. The van der Waals surface area contributed by atoms with E-state index in [0.717, 1.165) is 47.8 Å². The number of para-hydroxylation sites is 2. The van der Waals surface area contributed by atoms with Gasteiger partial charge in [-0.1, -0.05) is 36.4 Å². The van der Waals surface area contributed by atoms with Gasteiger partial charge in [0.2, 0.25) is 0 Å². The van der Waals surface area contributed by atoms with Gasteiger partial charge in [0.25, 0.3) is 5.91 Å². The van der Waals surface area contributed by atoms with Crippen molar-refractivity contribution in [3.05, 3.63) is 83.7 Å². The van der Waals surface area contributed by atoms with Gasteiger partial charge in [-0.05, 0) is 50.6 Å². The Morgan fingerprint density at radius 2 is 1.67 bits per heavy atom. The van der Waals surface area contributed by atoms with Gasteiger partial charge in [-0.2, -0.15) is 0 Å². The van der Waals surface area contributed by atoms with Gasteiger partial charge < -0.3 is 14.8 Å². The van der Waals surface area contributed by atoms with Gasteiger partial charge in [-0.3, -0.25) is 4.79 Å². The fourth-order valence-corrected chi connectivity index (χ4v) is 3.96. The van der Waals surface area contributed by atoms with Crippen molar-refractivity contribution in [1.82, 2.24) is 9.47 Å². The SMILES string of the molecule is Cc1cc(C(=O)N2CCC(Nc3ccccc3)C2)c(C)n1-c1ccccc1. The third-order valence-corrected chi connectivity index (χ3v) is 5.30. The van der Waals surface area contributed by atoms with Gasteiger partial charge in [0.05, 0.1) is 5.56 Å². The van der Waals surface area contributed by atoms with Crippen LogP contribution in [0.4, 0.5) is 5.69 Å². The second-order valence-corrected chi connectivity index (χ2v) is 7.20. The average molecular weight is 359 g/mol. The van der Waals surface area contributed by atoms with E-state index in [4.69, 9.17) is 0 Å². The predicted octanol–water partition coefficient (Wildman–Crippen LogP) is 4.42. The maximum Gasteiger partial charge on any atom is 0.255 e. The number of carbonyl (C=O) groups is 1. The molecule has 1 fully saturated rings. The second kappa shape index (κ2) is 7.31. The number of amides is 1. The summed E-state index contributed by atoms with van der Waals surface area (Å²) >= 11 is 0. The van der Waals surface area contributed by atoms with E-state index in [1.165, 1.54) is 0 Å². The molecular weight excluding hydrogens is 334 g/mol. The molecule has 1 atom stereocenters. The van der Waals surface area contributed by atoms with Crippen LogP contribution in [0.5, 0.6) is 0 Å². The Bertz CT molecular complexity index is 931. The van der Waals surface area contributed by atoms with Crippen molar-refractivity contribution in [1.29, 1.82) is 0 Å². The highest BCUT2D eigenvalue weighted by molar-refractivity contribution is 5.96. The van der Waals surface area contributed by atoms with Crippen molar-refractivity contribution >= 4 is 11.6 Å². The summed E-state index contributed by atoms with van der Waals surface area (Å²) in [6, 6.07) is 22.7. The van der Waals surface area contributed by atoms with Crippen LogP contribution in [0.1, 0.15) is 28.2 Å². The molecule has 27 heavy (non-hydrogen) atoms. The lowest BCUT2D eigenvalue weighted by Crippen LogP contribution is -2.31. The first kappa shape index (κ1) is 17.4. The summed E-state index contributed by atoms with van der Waals surface area (Å²) in [5.74, 6) is 0.127. The summed E-state index contributed by atoms with van der Waals surface area (Å²) in [6.45, 7) is 5.62. The Hall–Kier alpha value is -3.01. The van der Waals surface area contributed by atoms with E-state index in [-0.39, 0.29) is 5.91 Å². The molecule has 4 nitrogen and oxygen atoms in total. The smallest absolute Gasteiger partial charge is 0.255 e. The molecule has 2 heterocycles. The van der Waals surface area contributed by atoms with Crippen LogP contribution in [-0.4, -0.2) is 34.5 Å². The van der Waals surface area contributed by atoms with Gasteiger partial charge in [0, 0.05) is 41.9 Å². The Morgan fingerprint density at radius 3 is 2.37 bits per heavy atom. The Morgan fingerprint density at radius 1 is 1.00 bits per heavy atom. The molecule has 4 rings (SSSR count). The zero-order valence-corrected chi connectivity index (χ0v) is 15.9. The van der Waals surface area contributed by atoms with E-state index in [0.29, 0.717) is 6.04 Å². The largest absolute Gasteiger partial charge is 0.380 e. The lowest BCUT2D eigenvalue weighted by atomic mass is 10.2. The normalized spacial score (nSPS) is 16.5. The molecule has 4 heteroatoms. The molecule has 1 unspecified atom stereocenters. The number of likely N-dealkylation sites (tertiary alicyclic amines) is 1. The third-order valence-electron chi connectivity index (χ3n) is 5.30. The first-order valence-electron chi connectivity index (χ1n) is 9.48. The third kappa shape index (κ3) is 3.47. The van der Waals surface area contributed by atoms with Crippen LogP contribution >= 0.6 is 0 Å². The summed E-state index contributed by atoms with van der Waals surface area (Å²) < 4.78 is 2.16. The molecule has 1 N–H and O–H groups in total. The molecule has 138 valence electrons. The fourth-order valence-electron chi connectivity index (χ4n) is 3.96. The molecule has 0 spiro atoms. The quantitative estimate of drug-likeness (QED) is 0.749. The second-order valence-electron chi connectivity index (χ2n) is 7.20. The van der Waals surface area contributed by atoms with Gasteiger partial charge >= 0.3 is 0 Å². The van der Waals surface area contributed by atoms with Crippen molar-refractivity contribution < 1.29 is 4.79 Å². The minimum absolute atomic E-state index is 0.127. The summed E-state index contributed by atoms with van der Waals surface area (Å²) in [5.41, 5.74) is 5.09. The van der Waals surface area contributed by atoms with E-state index >= 15 is 0 Å². The highest BCUT2D eigenvalue weighted by Gasteiger charge is 2.29. The molecule has 0 radical (unpaired) electrons. The highest BCUT2D eigenvalue weighted by atomic mass is 16.2. The number of carbonyl (C=O) groups excluding carboxylic acids is 1. The van der Waals surface area contributed by atoms with Crippen molar-refractivity contribution in [2.45, 2.75) is 26.3 Å². The molecule has 1 aliphatic rings. The number of aryl methyl sites for hydroxylation is 1. The van der Waals surface area contributed by atoms with Crippen LogP contribution in [0, 0.1) is 13.8 Å². The lowest BCUT2D eigenvalue weighted by molar-refractivity contribution is 0.0791. The summed E-state index contributed by atoms with van der Waals surface area (Å²) in [6.07, 6.45) is 0.970. The number of rotatable bonds is 4. The first-order valence-corrected chi connectivity index (χ1v) is 9.48. The monoisotopic (exact) mass is 359 g/mol. The zero-order valence-electron chi connectivity index (χ0n) is 15.9. The van der Waals surface area contributed by atoms with Crippen LogP contribution in [0.2, 0.25) is 0 Å². The molecule has 1 saturated heterocycles. The minimum Gasteiger partial charge on any atom is -0.380 e. The van der Waals surface area contributed by atoms with E-state index in [1.54, 1.807) is 0 Å². The van der Waals surface area contributed by atoms with Crippen molar-refractivity contribution in [3.8, 4) is 5.69 Å². The molecule has 0 saturated carbocycles. The van der Waals surface area contributed by atoms with Gasteiger partial charge in [-0.25, -0.2) is 0 Å². The highest BCUT2D eigenvalue weighted by Crippen LogP contribution is 2.24. The molecule has 3 aromatic rings. The van der Waals surface area contributed by atoms with Gasteiger partial charge in [0.1, 0.15) is 0 Å². The van der Waals surface area contributed by atoms with E-state index in [9.17, 15) is 4.79 Å². The number of anilines is 1. The van der Waals surface area contributed by atoms with Crippen molar-refractivity contribution in [2.24, 2.45) is 0 Å². The standard InChI is InChI=1S/C23H25N3O/c1-17-15-22(18(2)26(17)21-11-7-4-8-12-21)23(27)25-14-13-20(16-25)24-19-9-5-3-6-10-19/h3-12,15,20,24H,13-14,16H2,1-2H3. The Labute approximate surface area is 160 Å². The number of hydrogen-bond acceptors (Lipinski definition) is 2. The molecule has 0 bridgehead atoms. The van der Waals surface area contributed by atoms with Gasteiger partial charge in [0.15, 0.2) is 0 Å². The Kier molecular flexibility index (Phi) is 4.71. The van der Waals surface area contributed by atoms with E-state index < -0.39 is 0 Å². The zero-order chi connectivity index (χ0) is 18.8. The average Bonchev–Trinajstić information content (AvgIpc) is 3.27. The van der Waals surface area contributed by atoms with Crippen LogP contribution in [0.15, 0.2) is 66.7 Å². The van der Waals surface area contributed by atoms with Crippen LogP contribution < -0.4 is 5.32 Å². The molecule has 1 amide bonds. The van der Waals surface area contributed by atoms with Crippen LogP contribution in [-0.2, 0) is 0 Å². The van der Waals surface area contributed by atoms with Crippen LogP contribution in [0.25, 0.3) is 5.69 Å². The van der Waals surface area contributed by atoms with E-state index in [1.807, 2.05) is 54.3 Å². The molecular formula is C23H25N3O. The number of nitrogens with zero attached hydrogens (tertiary/aromatic N) is 2. The van der Waals surface area contributed by atoms with Gasteiger partial charge in [-0.15, -0.1) is 0 Å².